The van der Waals surface area contributed by atoms with Gasteiger partial charge in [0, 0.05) is 6.54 Å². The van der Waals surface area contributed by atoms with Gasteiger partial charge in [-0.05, 0) is 24.3 Å². The van der Waals surface area contributed by atoms with Gasteiger partial charge < -0.3 is 11.1 Å². The average molecular weight is 286 g/mol. The Morgan fingerprint density at radius 1 is 1.33 bits per heavy atom. The van der Waals surface area contributed by atoms with E-state index in [1.807, 2.05) is 32.0 Å². The summed E-state index contributed by atoms with van der Waals surface area (Å²) >= 11 is 0. The van der Waals surface area contributed by atoms with Crippen molar-refractivity contribution in [3.8, 4) is 0 Å². The fourth-order valence-electron chi connectivity index (χ4n) is 2.20. The van der Waals surface area contributed by atoms with E-state index >= 15 is 0 Å². The maximum absolute atomic E-state index is 12.0. The van der Waals surface area contributed by atoms with Crippen molar-refractivity contribution in [3.05, 3.63) is 47.3 Å². The van der Waals surface area contributed by atoms with E-state index in [1.165, 1.54) is 5.56 Å². The summed E-state index contributed by atoms with van der Waals surface area (Å²) < 4.78 is 0. The first-order valence-electron chi connectivity index (χ1n) is 7.25. The average Bonchev–Trinajstić information content (AvgIpc) is 2.86. The topological polar surface area (TPSA) is 83.8 Å². The van der Waals surface area contributed by atoms with E-state index in [2.05, 4.69) is 27.6 Å². The molecule has 0 radical (unpaired) electrons. The van der Waals surface area contributed by atoms with Crippen LogP contribution in [0.1, 0.15) is 47.9 Å². The van der Waals surface area contributed by atoms with Gasteiger partial charge in [-0.1, -0.05) is 44.2 Å². The second kappa shape index (κ2) is 6.92. The third kappa shape index (κ3) is 3.84. The van der Waals surface area contributed by atoms with Crippen LogP contribution in [0.15, 0.2) is 30.3 Å². The summed E-state index contributed by atoms with van der Waals surface area (Å²) in [5.74, 6) is 0.000780. The van der Waals surface area contributed by atoms with Gasteiger partial charge in [-0.15, -0.1) is 0 Å². The van der Waals surface area contributed by atoms with Crippen LogP contribution >= 0.6 is 0 Å². The van der Waals surface area contributed by atoms with E-state index in [4.69, 9.17) is 5.73 Å². The minimum absolute atomic E-state index is 0.219. The highest BCUT2D eigenvalue weighted by Gasteiger charge is 2.18. The van der Waals surface area contributed by atoms with Gasteiger partial charge in [0.15, 0.2) is 5.69 Å². The number of nitrogens with one attached hydrogen (secondary N) is 2. The molecule has 2 aromatic rings. The van der Waals surface area contributed by atoms with Crippen LogP contribution in [0.3, 0.4) is 0 Å². The molecule has 0 aliphatic carbocycles. The zero-order valence-electron chi connectivity index (χ0n) is 12.5. The smallest absolute Gasteiger partial charge is 0.273 e. The molecule has 1 heterocycles. The first-order chi connectivity index (χ1) is 10.1. The van der Waals surface area contributed by atoms with Crippen LogP contribution in [-0.2, 0) is 6.42 Å². The van der Waals surface area contributed by atoms with Gasteiger partial charge >= 0.3 is 0 Å². The van der Waals surface area contributed by atoms with Crippen LogP contribution in [0.5, 0.6) is 0 Å². The van der Waals surface area contributed by atoms with Gasteiger partial charge in [-0.2, -0.15) is 5.10 Å². The fraction of sp³-hybridized carbons (Fsp3) is 0.375. The second-order valence-electron chi connectivity index (χ2n) is 5.40. The molecule has 0 saturated heterocycles. The number of anilines is 1. The van der Waals surface area contributed by atoms with Gasteiger partial charge in [-0.25, -0.2) is 0 Å². The van der Waals surface area contributed by atoms with Crippen LogP contribution < -0.4 is 11.1 Å². The Morgan fingerprint density at radius 2 is 2.05 bits per heavy atom. The Labute approximate surface area is 124 Å². The predicted molar refractivity (Wildman–Crippen MR) is 84.2 cm³/mol. The summed E-state index contributed by atoms with van der Waals surface area (Å²) in [6.07, 6.45) is 1.82. The summed E-state index contributed by atoms with van der Waals surface area (Å²) in [4.78, 5) is 12.0. The number of amides is 1. The van der Waals surface area contributed by atoms with Crippen molar-refractivity contribution in [1.82, 2.24) is 15.5 Å². The molecule has 5 nitrogen and oxygen atoms in total. The molecule has 0 saturated carbocycles. The Balaban J connectivity index is 1.82. The molecule has 2 rings (SSSR count). The van der Waals surface area contributed by atoms with Crippen molar-refractivity contribution in [2.75, 3.05) is 12.3 Å². The molecule has 0 bridgehead atoms. The molecular weight excluding hydrogens is 264 g/mol. The molecule has 1 amide bonds. The summed E-state index contributed by atoms with van der Waals surface area (Å²) in [6.45, 7) is 4.62. The molecule has 0 spiro atoms. The molecule has 0 unspecified atom stereocenters. The highest BCUT2D eigenvalue weighted by atomic mass is 16.1. The number of nitrogens with two attached hydrogens (primary N) is 1. The Kier molecular flexibility index (Phi) is 4.98. The second-order valence-corrected chi connectivity index (χ2v) is 5.40. The number of nitrogens with zero attached hydrogens (tertiary/aromatic N) is 1. The molecule has 0 aliphatic rings. The van der Waals surface area contributed by atoms with Crippen LogP contribution in [-0.4, -0.2) is 22.6 Å². The molecule has 21 heavy (non-hydrogen) atoms. The molecule has 0 fully saturated rings. The van der Waals surface area contributed by atoms with Crippen molar-refractivity contribution in [1.29, 1.82) is 0 Å². The highest BCUT2D eigenvalue weighted by Crippen LogP contribution is 2.21. The standard InChI is InChI=1S/C16H22N4O/c1-11(2)14-13(17)15(20-19-14)16(21)18-10-6-9-12-7-4-3-5-8-12/h3-5,7-8,11H,6,9-10,17H2,1-2H3,(H,18,21)(H,19,20). The summed E-state index contributed by atoms with van der Waals surface area (Å²) in [7, 11) is 0. The third-order valence-electron chi connectivity index (χ3n) is 3.40. The normalized spacial score (nSPS) is 10.8. The zero-order chi connectivity index (χ0) is 15.2. The van der Waals surface area contributed by atoms with Crippen LogP contribution in [0.25, 0.3) is 0 Å². The number of nitrogen functional groups attached to an aromatic ring is 1. The zero-order valence-corrected chi connectivity index (χ0v) is 12.5. The number of carbonyl (C=O) groups is 1. The van der Waals surface area contributed by atoms with Crippen molar-refractivity contribution in [2.45, 2.75) is 32.6 Å². The van der Waals surface area contributed by atoms with Gasteiger partial charge in [0.05, 0.1) is 11.4 Å². The van der Waals surface area contributed by atoms with E-state index in [-0.39, 0.29) is 11.8 Å². The van der Waals surface area contributed by atoms with Crippen LogP contribution in [0, 0.1) is 0 Å². The largest absolute Gasteiger partial charge is 0.395 e. The third-order valence-corrected chi connectivity index (χ3v) is 3.40. The number of aromatic amines is 1. The summed E-state index contributed by atoms with van der Waals surface area (Å²) in [6, 6.07) is 10.2. The molecular formula is C16H22N4O. The summed E-state index contributed by atoms with van der Waals surface area (Å²) in [5.41, 5.74) is 8.77. The quantitative estimate of drug-likeness (QED) is 0.713. The SMILES string of the molecule is CC(C)c1[nH]nc(C(=O)NCCCc2ccccc2)c1N. The fourth-order valence-corrected chi connectivity index (χ4v) is 2.20. The molecule has 5 heteroatoms. The maximum atomic E-state index is 12.0. The Hall–Kier alpha value is -2.30. The lowest BCUT2D eigenvalue weighted by Crippen LogP contribution is -2.26. The summed E-state index contributed by atoms with van der Waals surface area (Å²) in [5, 5.41) is 9.71. The lowest BCUT2D eigenvalue weighted by molar-refractivity contribution is 0.0949. The molecule has 4 N–H and O–H groups in total. The molecule has 0 atom stereocenters. The number of carbonyl (C=O) groups excluding carboxylic acids is 1. The number of aromatic nitrogens is 2. The lowest BCUT2D eigenvalue weighted by Gasteiger charge is -2.05. The number of rotatable bonds is 6. The van der Waals surface area contributed by atoms with Crippen LogP contribution in [0.2, 0.25) is 0 Å². The van der Waals surface area contributed by atoms with E-state index in [0.29, 0.717) is 17.9 Å². The minimum Gasteiger partial charge on any atom is -0.395 e. The van der Waals surface area contributed by atoms with Gasteiger partial charge in [0.2, 0.25) is 0 Å². The Morgan fingerprint density at radius 3 is 2.67 bits per heavy atom. The van der Waals surface area contributed by atoms with E-state index < -0.39 is 0 Å². The van der Waals surface area contributed by atoms with E-state index in [9.17, 15) is 4.79 Å². The molecule has 1 aromatic carbocycles. The van der Waals surface area contributed by atoms with Crippen LogP contribution in [0.4, 0.5) is 5.69 Å². The monoisotopic (exact) mass is 286 g/mol. The lowest BCUT2D eigenvalue weighted by atomic mass is 10.1. The van der Waals surface area contributed by atoms with Crippen molar-refractivity contribution >= 4 is 11.6 Å². The molecule has 1 aromatic heterocycles. The molecule has 0 aliphatic heterocycles. The number of aryl methyl sites for hydroxylation is 1. The van der Waals surface area contributed by atoms with Crippen molar-refractivity contribution in [3.63, 3.8) is 0 Å². The number of hydrogen-bond donors (Lipinski definition) is 3. The van der Waals surface area contributed by atoms with Gasteiger partial charge in [0.25, 0.3) is 5.91 Å². The number of H-pyrrole nitrogens is 1. The Bertz CT molecular complexity index is 590. The maximum Gasteiger partial charge on any atom is 0.273 e. The van der Waals surface area contributed by atoms with Crippen molar-refractivity contribution < 1.29 is 4.79 Å². The minimum atomic E-state index is -0.219. The van der Waals surface area contributed by atoms with E-state index in [0.717, 1.165) is 18.5 Å². The first-order valence-corrected chi connectivity index (χ1v) is 7.25. The van der Waals surface area contributed by atoms with Gasteiger partial charge in [-0.3, -0.25) is 9.89 Å². The van der Waals surface area contributed by atoms with E-state index in [1.54, 1.807) is 0 Å². The predicted octanol–water partition coefficient (Wildman–Crippen LogP) is 2.48. The first kappa shape index (κ1) is 15.1. The number of benzene rings is 1. The molecule has 112 valence electrons. The van der Waals surface area contributed by atoms with Gasteiger partial charge in [0.1, 0.15) is 0 Å². The highest BCUT2D eigenvalue weighted by molar-refractivity contribution is 5.97. The van der Waals surface area contributed by atoms with Crippen molar-refractivity contribution in [2.24, 2.45) is 0 Å². The number of hydrogen-bond acceptors (Lipinski definition) is 3.